The van der Waals surface area contributed by atoms with Crippen LogP contribution in [0.3, 0.4) is 0 Å². The maximum Gasteiger partial charge on any atom is 0.276 e. The highest BCUT2D eigenvalue weighted by molar-refractivity contribution is 6.11. The lowest BCUT2D eigenvalue weighted by Gasteiger charge is -2.08. The number of H-pyrrole nitrogens is 1. The molecule has 1 aliphatic rings. The Morgan fingerprint density at radius 2 is 1.76 bits per heavy atom. The molecular formula is C28H21FN6O2. The number of nitrogens with zero attached hydrogens (tertiary/aromatic N) is 3. The zero-order chi connectivity index (χ0) is 25.4. The zero-order valence-corrected chi connectivity index (χ0v) is 19.5. The molecule has 5 aromatic rings. The second-order valence-electron chi connectivity index (χ2n) is 8.92. The van der Waals surface area contributed by atoms with Gasteiger partial charge in [0.1, 0.15) is 5.82 Å². The maximum absolute atomic E-state index is 14.0. The number of rotatable bonds is 6. The third kappa shape index (κ3) is 4.66. The van der Waals surface area contributed by atoms with Crippen LogP contribution in [0, 0.1) is 11.7 Å². The number of hydrogen-bond donors (Lipinski definition) is 3. The maximum atomic E-state index is 14.0. The molecule has 2 aromatic carbocycles. The monoisotopic (exact) mass is 492 g/mol. The number of carbonyl (C=O) groups is 2. The fourth-order valence-corrected chi connectivity index (χ4v) is 4.11. The summed E-state index contributed by atoms with van der Waals surface area (Å²) in [7, 11) is 0. The summed E-state index contributed by atoms with van der Waals surface area (Å²) in [5.74, 6) is -0.665. The van der Waals surface area contributed by atoms with E-state index in [-0.39, 0.29) is 23.3 Å². The number of aromatic amines is 1. The predicted molar refractivity (Wildman–Crippen MR) is 138 cm³/mol. The number of fused-ring (bicyclic) bond motifs is 1. The van der Waals surface area contributed by atoms with Crippen molar-refractivity contribution in [3.8, 4) is 22.4 Å². The summed E-state index contributed by atoms with van der Waals surface area (Å²) < 4.78 is 14.0. The summed E-state index contributed by atoms with van der Waals surface area (Å²) in [4.78, 5) is 33.7. The largest absolute Gasteiger partial charge is 0.324 e. The quantitative estimate of drug-likeness (QED) is 0.293. The molecule has 2 amide bonds. The number of benzene rings is 2. The highest BCUT2D eigenvalue weighted by Gasteiger charge is 2.29. The lowest BCUT2D eigenvalue weighted by Crippen LogP contribution is -2.13. The van der Waals surface area contributed by atoms with Crippen LogP contribution in [0.4, 0.5) is 15.8 Å². The summed E-state index contributed by atoms with van der Waals surface area (Å²) in [6.45, 7) is 0. The van der Waals surface area contributed by atoms with Crippen LogP contribution in [-0.4, -0.2) is 32.0 Å². The van der Waals surface area contributed by atoms with Crippen LogP contribution >= 0.6 is 0 Å². The van der Waals surface area contributed by atoms with Crippen molar-refractivity contribution in [2.75, 3.05) is 10.6 Å². The molecule has 3 N–H and O–H groups in total. The highest BCUT2D eigenvalue weighted by atomic mass is 19.1. The Morgan fingerprint density at radius 3 is 2.54 bits per heavy atom. The van der Waals surface area contributed by atoms with E-state index in [1.807, 2.05) is 24.3 Å². The molecule has 0 bridgehead atoms. The van der Waals surface area contributed by atoms with Crippen LogP contribution in [0.2, 0.25) is 0 Å². The number of pyridine rings is 2. The van der Waals surface area contributed by atoms with E-state index in [1.165, 1.54) is 12.3 Å². The van der Waals surface area contributed by atoms with E-state index in [4.69, 9.17) is 0 Å². The van der Waals surface area contributed by atoms with Gasteiger partial charge in [0, 0.05) is 28.6 Å². The molecule has 0 atom stereocenters. The van der Waals surface area contributed by atoms with E-state index < -0.39 is 5.91 Å². The molecule has 0 saturated heterocycles. The first-order valence-corrected chi connectivity index (χ1v) is 11.8. The lowest BCUT2D eigenvalue weighted by molar-refractivity contribution is -0.117. The Kier molecular flexibility index (Phi) is 5.65. The fourth-order valence-electron chi connectivity index (χ4n) is 4.11. The highest BCUT2D eigenvalue weighted by Crippen LogP contribution is 2.31. The number of nitrogens with one attached hydrogen (secondary N) is 3. The molecule has 3 aromatic heterocycles. The van der Waals surface area contributed by atoms with Crippen molar-refractivity contribution in [3.05, 3.63) is 90.8 Å². The molecule has 37 heavy (non-hydrogen) atoms. The van der Waals surface area contributed by atoms with E-state index in [9.17, 15) is 14.0 Å². The van der Waals surface area contributed by atoms with E-state index in [0.717, 1.165) is 24.0 Å². The second-order valence-corrected chi connectivity index (χ2v) is 8.92. The van der Waals surface area contributed by atoms with Gasteiger partial charge in [0.15, 0.2) is 5.69 Å². The van der Waals surface area contributed by atoms with Crippen LogP contribution in [0.15, 0.2) is 79.3 Å². The van der Waals surface area contributed by atoms with E-state index in [2.05, 4.69) is 30.8 Å². The van der Waals surface area contributed by atoms with Crippen molar-refractivity contribution in [1.29, 1.82) is 0 Å². The summed E-state index contributed by atoms with van der Waals surface area (Å²) in [6, 6.07) is 17.2. The van der Waals surface area contributed by atoms with Crippen molar-refractivity contribution in [2.24, 2.45) is 5.92 Å². The van der Waals surface area contributed by atoms with Gasteiger partial charge < -0.3 is 10.6 Å². The van der Waals surface area contributed by atoms with Gasteiger partial charge in [-0.2, -0.15) is 5.10 Å². The molecule has 8 nitrogen and oxygen atoms in total. The number of amides is 2. The van der Waals surface area contributed by atoms with Crippen LogP contribution in [0.5, 0.6) is 0 Å². The van der Waals surface area contributed by atoms with Gasteiger partial charge in [-0.25, -0.2) is 4.39 Å². The van der Waals surface area contributed by atoms with Crippen molar-refractivity contribution in [1.82, 2.24) is 20.2 Å². The third-order valence-electron chi connectivity index (χ3n) is 6.24. The Balaban J connectivity index is 1.23. The van der Waals surface area contributed by atoms with Crippen molar-refractivity contribution in [2.45, 2.75) is 12.8 Å². The van der Waals surface area contributed by atoms with Crippen molar-refractivity contribution >= 4 is 34.1 Å². The standard InChI is InChI=1S/C28H21FN6O2/c29-23-4-2-1-3-21(23)24-10-8-19(15-31-24)32-28(37)26-22-12-17(7-9-25(22)34-35-26)18-11-20(14-30-13-18)33-27(36)16-5-6-16/h1-4,7-16H,5-6H2,(H,32,37)(H,33,36)(H,34,35). The van der Waals surface area contributed by atoms with Crippen LogP contribution < -0.4 is 10.6 Å². The molecule has 1 saturated carbocycles. The summed E-state index contributed by atoms with van der Waals surface area (Å²) in [5.41, 5.74) is 4.50. The van der Waals surface area contributed by atoms with E-state index >= 15 is 0 Å². The topological polar surface area (TPSA) is 113 Å². The first-order valence-electron chi connectivity index (χ1n) is 11.8. The van der Waals surface area contributed by atoms with Crippen LogP contribution in [0.25, 0.3) is 33.3 Å². The Morgan fingerprint density at radius 1 is 0.892 bits per heavy atom. The first kappa shape index (κ1) is 22.5. The number of carbonyl (C=O) groups excluding carboxylic acids is 2. The molecule has 0 aliphatic heterocycles. The Hall–Kier alpha value is -4.92. The van der Waals surface area contributed by atoms with Crippen molar-refractivity contribution < 1.29 is 14.0 Å². The number of halogens is 1. The Labute approximate surface area is 211 Å². The molecular weight excluding hydrogens is 471 g/mol. The van der Waals surface area contributed by atoms with Gasteiger partial charge in [-0.15, -0.1) is 0 Å². The molecule has 0 unspecified atom stereocenters. The average Bonchev–Trinajstić information content (AvgIpc) is 3.69. The molecule has 1 fully saturated rings. The summed E-state index contributed by atoms with van der Waals surface area (Å²) in [6.07, 6.45) is 6.65. The van der Waals surface area contributed by atoms with E-state index in [0.29, 0.717) is 33.5 Å². The van der Waals surface area contributed by atoms with Gasteiger partial charge in [-0.05, 0) is 60.9 Å². The minimum atomic E-state index is -0.410. The fraction of sp³-hybridized carbons (Fsp3) is 0.107. The van der Waals surface area contributed by atoms with Crippen LogP contribution in [-0.2, 0) is 4.79 Å². The second kappa shape index (κ2) is 9.27. The van der Waals surface area contributed by atoms with Gasteiger partial charge in [0.05, 0.1) is 35.0 Å². The SMILES string of the molecule is O=C(Nc1ccc(-c2ccccc2F)nc1)c1n[nH]c2ccc(-c3cncc(NC(=O)C4CC4)c3)cc12. The smallest absolute Gasteiger partial charge is 0.276 e. The van der Waals surface area contributed by atoms with Gasteiger partial charge in [0.25, 0.3) is 5.91 Å². The summed E-state index contributed by atoms with van der Waals surface area (Å²) >= 11 is 0. The minimum absolute atomic E-state index is 0.0135. The molecule has 9 heteroatoms. The third-order valence-corrected chi connectivity index (χ3v) is 6.24. The lowest BCUT2D eigenvalue weighted by atomic mass is 10.0. The summed E-state index contributed by atoms with van der Waals surface area (Å²) in [5, 5.41) is 13.4. The molecule has 1 aliphatic carbocycles. The molecule has 0 radical (unpaired) electrons. The molecule has 6 rings (SSSR count). The van der Waals surface area contributed by atoms with Gasteiger partial charge in [-0.3, -0.25) is 24.7 Å². The predicted octanol–water partition coefficient (Wildman–Crippen LogP) is 5.43. The minimum Gasteiger partial charge on any atom is -0.324 e. The zero-order valence-electron chi connectivity index (χ0n) is 19.5. The molecule has 182 valence electrons. The molecule has 0 spiro atoms. The van der Waals surface area contributed by atoms with Crippen molar-refractivity contribution in [3.63, 3.8) is 0 Å². The number of anilines is 2. The van der Waals surface area contributed by atoms with E-state index in [1.54, 1.807) is 42.7 Å². The number of aromatic nitrogens is 4. The Bertz CT molecular complexity index is 1640. The van der Waals surface area contributed by atoms with Gasteiger partial charge >= 0.3 is 0 Å². The van der Waals surface area contributed by atoms with Gasteiger partial charge in [-0.1, -0.05) is 18.2 Å². The number of hydrogen-bond acceptors (Lipinski definition) is 5. The molecule has 3 heterocycles. The normalized spacial score (nSPS) is 12.9. The van der Waals surface area contributed by atoms with Gasteiger partial charge in [0.2, 0.25) is 5.91 Å². The average molecular weight is 493 g/mol. The first-order chi connectivity index (χ1) is 18.0. The van der Waals surface area contributed by atoms with Crippen LogP contribution in [0.1, 0.15) is 23.3 Å².